The van der Waals surface area contributed by atoms with Crippen LogP contribution in [0.15, 0.2) is 16.7 Å². The van der Waals surface area contributed by atoms with Crippen LogP contribution in [-0.2, 0) is 17.8 Å². The van der Waals surface area contributed by atoms with Crippen LogP contribution in [0.5, 0.6) is 0 Å². The maximum atomic E-state index is 5.59. The van der Waals surface area contributed by atoms with Gasteiger partial charge in [0.05, 0.1) is 19.4 Å². The molecule has 1 N–H and O–H groups in total. The quantitative estimate of drug-likeness (QED) is 0.833. The van der Waals surface area contributed by atoms with Gasteiger partial charge in [0.15, 0.2) is 0 Å². The summed E-state index contributed by atoms with van der Waals surface area (Å²) in [6.45, 7) is 9.00. The maximum Gasteiger partial charge on any atom is 0.122 e. The minimum absolute atomic E-state index is 0.477. The fourth-order valence-electron chi connectivity index (χ4n) is 2.71. The zero-order valence-corrected chi connectivity index (χ0v) is 13.0. The molecule has 1 aliphatic heterocycles. The largest absolute Gasteiger partial charge is 0.468 e. The number of nitrogens with one attached hydrogen (secondary N) is 1. The molecule has 114 valence electrons. The third-order valence-corrected chi connectivity index (χ3v) is 3.77. The first kappa shape index (κ1) is 15.5. The fraction of sp³-hybridized carbons (Fsp3) is 0.750. The molecule has 0 saturated carbocycles. The molecule has 0 spiro atoms. The van der Waals surface area contributed by atoms with Gasteiger partial charge in [0.25, 0.3) is 0 Å². The van der Waals surface area contributed by atoms with Crippen LogP contribution in [-0.4, -0.2) is 37.7 Å². The van der Waals surface area contributed by atoms with Crippen molar-refractivity contribution in [2.24, 2.45) is 5.92 Å². The summed E-state index contributed by atoms with van der Waals surface area (Å²) in [6, 6.07) is 2.57. The van der Waals surface area contributed by atoms with E-state index < -0.39 is 0 Å². The van der Waals surface area contributed by atoms with E-state index in [9.17, 15) is 0 Å². The van der Waals surface area contributed by atoms with Crippen molar-refractivity contribution in [2.75, 3.05) is 26.8 Å². The summed E-state index contributed by atoms with van der Waals surface area (Å²) >= 11 is 0. The first-order valence-corrected chi connectivity index (χ1v) is 7.70. The molecule has 1 atom stereocenters. The lowest BCUT2D eigenvalue weighted by atomic mass is 10.0. The van der Waals surface area contributed by atoms with Crippen molar-refractivity contribution >= 4 is 0 Å². The Balaban J connectivity index is 1.81. The SMILES string of the molecule is CC(C)NCc1occc1CN(C)CC1CCCOC1. The van der Waals surface area contributed by atoms with E-state index in [1.165, 1.54) is 18.4 Å². The average molecular weight is 280 g/mol. The second-order valence-electron chi connectivity index (χ2n) is 6.18. The van der Waals surface area contributed by atoms with E-state index in [-0.39, 0.29) is 0 Å². The zero-order valence-electron chi connectivity index (χ0n) is 13.0. The molecule has 1 aromatic heterocycles. The zero-order chi connectivity index (χ0) is 14.4. The van der Waals surface area contributed by atoms with Crippen molar-refractivity contribution in [1.29, 1.82) is 0 Å². The lowest BCUT2D eigenvalue weighted by molar-refractivity contribution is 0.0411. The van der Waals surface area contributed by atoms with Gasteiger partial charge in [0, 0.05) is 31.3 Å². The second-order valence-corrected chi connectivity index (χ2v) is 6.18. The van der Waals surface area contributed by atoms with Crippen molar-refractivity contribution in [3.63, 3.8) is 0 Å². The Morgan fingerprint density at radius 3 is 3.00 bits per heavy atom. The molecule has 4 nitrogen and oxygen atoms in total. The fourth-order valence-corrected chi connectivity index (χ4v) is 2.71. The average Bonchev–Trinajstić information content (AvgIpc) is 2.84. The Bertz CT molecular complexity index is 384. The molecular formula is C16H28N2O2. The monoisotopic (exact) mass is 280 g/mol. The number of hydrogen-bond donors (Lipinski definition) is 1. The molecular weight excluding hydrogens is 252 g/mol. The van der Waals surface area contributed by atoms with Gasteiger partial charge >= 0.3 is 0 Å². The van der Waals surface area contributed by atoms with Crippen LogP contribution < -0.4 is 5.32 Å². The van der Waals surface area contributed by atoms with Gasteiger partial charge in [-0.05, 0) is 31.9 Å². The van der Waals surface area contributed by atoms with Gasteiger partial charge in [0.1, 0.15) is 5.76 Å². The standard InChI is InChI=1S/C16H28N2O2/c1-13(2)17-9-16-15(6-8-20-16)11-18(3)10-14-5-4-7-19-12-14/h6,8,13-14,17H,4-5,7,9-12H2,1-3H3. The van der Waals surface area contributed by atoms with E-state index in [0.29, 0.717) is 12.0 Å². The summed E-state index contributed by atoms with van der Waals surface area (Å²) in [6.07, 6.45) is 4.29. The smallest absolute Gasteiger partial charge is 0.122 e. The molecule has 1 unspecified atom stereocenters. The normalized spacial score (nSPS) is 19.9. The van der Waals surface area contributed by atoms with Gasteiger partial charge < -0.3 is 19.4 Å². The van der Waals surface area contributed by atoms with Crippen molar-refractivity contribution in [3.8, 4) is 0 Å². The number of nitrogens with zero attached hydrogens (tertiary/aromatic N) is 1. The van der Waals surface area contributed by atoms with Gasteiger partial charge in [-0.15, -0.1) is 0 Å². The summed E-state index contributed by atoms with van der Waals surface area (Å²) in [4.78, 5) is 2.38. The Kier molecular flexibility index (Phi) is 6.07. The molecule has 1 aromatic rings. The van der Waals surface area contributed by atoms with Crippen LogP contribution in [0.1, 0.15) is 38.0 Å². The van der Waals surface area contributed by atoms with E-state index in [0.717, 1.165) is 38.6 Å². The molecule has 2 heterocycles. The van der Waals surface area contributed by atoms with Gasteiger partial charge in [-0.1, -0.05) is 13.8 Å². The van der Waals surface area contributed by atoms with E-state index in [1.54, 1.807) is 6.26 Å². The lowest BCUT2D eigenvalue weighted by Crippen LogP contribution is -2.31. The third kappa shape index (κ3) is 4.93. The molecule has 1 aliphatic rings. The van der Waals surface area contributed by atoms with Crippen LogP contribution in [0.4, 0.5) is 0 Å². The molecule has 2 rings (SSSR count). The highest BCUT2D eigenvalue weighted by Gasteiger charge is 2.17. The van der Waals surface area contributed by atoms with Crippen LogP contribution in [0.25, 0.3) is 0 Å². The van der Waals surface area contributed by atoms with Crippen LogP contribution in [0, 0.1) is 5.92 Å². The minimum Gasteiger partial charge on any atom is -0.468 e. The van der Waals surface area contributed by atoms with Crippen molar-refractivity contribution in [1.82, 2.24) is 10.2 Å². The molecule has 0 amide bonds. The highest BCUT2D eigenvalue weighted by molar-refractivity contribution is 5.16. The predicted molar refractivity (Wildman–Crippen MR) is 80.6 cm³/mol. The molecule has 0 bridgehead atoms. The van der Waals surface area contributed by atoms with E-state index in [1.807, 2.05) is 0 Å². The number of hydrogen-bond acceptors (Lipinski definition) is 4. The Morgan fingerprint density at radius 1 is 1.45 bits per heavy atom. The Hall–Kier alpha value is -0.840. The topological polar surface area (TPSA) is 37.6 Å². The Morgan fingerprint density at radius 2 is 2.30 bits per heavy atom. The number of rotatable bonds is 7. The first-order chi connectivity index (χ1) is 9.65. The summed E-state index contributed by atoms with van der Waals surface area (Å²) in [5.41, 5.74) is 1.29. The van der Waals surface area contributed by atoms with Gasteiger partial charge in [-0.25, -0.2) is 0 Å². The van der Waals surface area contributed by atoms with Crippen molar-refractivity contribution < 1.29 is 9.15 Å². The van der Waals surface area contributed by atoms with Crippen LogP contribution >= 0.6 is 0 Å². The van der Waals surface area contributed by atoms with E-state index in [4.69, 9.17) is 9.15 Å². The Labute approximate surface area is 122 Å². The molecule has 0 aliphatic carbocycles. The van der Waals surface area contributed by atoms with Gasteiger partial charge in [-0.3, -0.25) is 0 Å². The lowest BCUT2D eigenvalue weighted by Gasteiger charge is -2.27. The molecule has 0 aromatic carbocycles. The molecule has 4 heteroatoms. The molecule has 0 radical (unpaired) electrons. The summed E-state index contributed by atoms with van der Waals surface area (Å²) in [5.74, 6) is 1.74. The van der Waals surface area contributed by atoms with Crippen molar-refractivity contribution in [3.05, 3.63) is 23.7 Å². The number of furan rings is 1. The number of ether oxygens (including phenoxy) is 1. The van der Waals surface area contributed by atoms with Gasteiger partial charge in [0.2, 0.25) is 0 Å². The van der Waals surface area contributed by atoms with Crippen LogP contribution in [0.3, 0.4) is 0 Å². The van der Waals surface area contributed by atoms with Crippen LogP contribution in [0.2, 0.25) is 0 Å². The van der Waals surface area contributed by atoms with Gasteiger partial charge in [-0.2, -0.15) is 0 Å². The highest BCUT2D eigenvalue weighted by Crippen LogP contribution is 2.17. The maximum absolute atomic E-state index is 5.59. The third-order valence-electron chi connectivity index (χ3n) is 3.77. The summed E-state index contributed by atoms with van der Waals surface area (Å²) in [5, 5.41) is 3.41. The predicted octanol–water partition coefficient (Wildman–Crippen LogP) is 2.64. The highest BCUT2D eigenvalue weighted by atomic mass is 16.5. The minimum atomic E-state index is 0.477. The second kappa shape index (κ2) is 7.81. The molecule has 1 fully saturated rings. The first-order valence-electron chi connectivity index (χ1n) is 7.70. The summed E-state index contributed by atoms with van der Waals surface area (Å²) in [7, 11) is 2.18. The summed E-state index contributed by atoms with van der Waals surface area (Å²) < 4.78 is 11.1. The van der Waals surface area contributed by atoms with Crippen molar-refractivity contribution in [2.45, 2.75) is 45.8 Å². The van der Waals surface area contributed by atoms with E-state index >= 15 is 0 Å². The van der Waals surface area contributed by atoms with E-state index in [2.05, 4.69) is 37.2 Å². The molecule has 20 heavy (non-hydrogen) atoms. The molecule has 1 saturated heterocycles.